The van der Waals surface area contributed by atoms with Crippen LogP contribution in [0.5, 0.6) is 5.75 Å². The average Bonchev–Trinajstić information content (AvgIpc) is 3.05. The van der Waals surface area contributed by atoms with Crippen molar-refractivity contribution in [2.75, 3.05) is 5.75 Å². The van der Waals surface area contributed by atoms with Gasteiger partial charge in [-0.05, 0) is 24.6 Å². The van der Waals surface area contributed by atoms with Crippen molar-refractivity contribution in [2.45, 2.75) is 30.7 Å². The Bertz CT molecular complexity index is 681. The van der Waals surface area contributed by atoms with Crippen LogP contribution in [0.25, 0.3) is 11.3 Å². The summed E-state index contributed by atoms with van der Waals surface area (Å²) in [5.74, 6) is 1.22. The molecule has 1 saturated heterocycles. The lowest BCUT2D eigenvalue weighted by Gasteiger charge is -2.34. The third kappa shape index (κ3) is 3.34. The lowest BCUT2D eigenvalue weighted by molar-refractivity contribution is -0.0785. The van der Waals surface area contributed by atoms with Gasteiger partial charge >= 0.3 is 0 Å². The van der Waals surface area contributed by atoms with Crippen molar-refractivity contribution in [1.29, 1.82) is 0 Å². The number of ether oxygens (including phenoxy) is 1. The third-order valence-electron chi connectivity index (χ3n) is 3.66. The first-order valence-corrected chi connectivity index (χ1v) is 8.43. The molecule has 1 aliphatic rings. The molecule has 0 bridgehead atoms. The SMILES string of the molecule is Cc1cc(O[C@H]2SC[C@@H](O)[C@H](O)[C@H]2O)c(-c2ccno2)cc1Cl. The predicted octanol–water partition coefficient (Wildman–Crippen LogP) is 1.84. The Labute approximate surface area is 142 Å². The zero-order valence-electron chi connectivity index (χ0n) is 12.2. The molecule has 8 heteroatoms. The van der Waals surface area contributed by atoms with Crippen molar-refractivity contribution in [2.24, 2.45) is 0 Å². The number of hydrogen-bond acceptors (Lipinski definition) is 7. The van der Waals surface area contributed by atoms with Crippen molar-refractivity contribution in [1.82, 2.24) is 5.16 Å². The summed E-state index contributed by atoms with van der Waals surface area (Å²) in [7, 11) is 0. The fourth-order valence-electron chi connectivity index (χ4n) is 2.31. The van der Waals surface area contributed by atoms with Crippen LogP contribution in [0.4, 0.5) is 0 Å². The molecule has 1 aliphatic heterocycles. The number of aliphatic hydroxyl groups excluding tert-OH is 3. The highest BCUT2D eigenvalue weighted by molar-refractivity contribution is 7.99. The highest BCUT2D eigenvalue weighted by atomic mass is 35.5. The molecule has 0 aliphatic carbocycles. The Kier molecular flexibility index (Phi) is 4.84. The van der Waals surface area contributed by atoms with Crippen LogP contribution in [0.15, 0.2) is 28.9 Å². The number of aryl methyl sites for hydroxylation is 1. The van der Waals surface area contributed by atoms with E-state index in [1.165, 1.54) is 18.0 Å². The number of hydrogen-bond donors (Lipinski definition) is 3. The lowest BCUT2D eigenvalue weighted by Crippen LogP contribution is -2.50. The molecule has 23 heavy (non-hydrogen) atoms. The van der Waals surface area contributed by atoms with Gasteiger partial charge in [0.2, 0.25) is 0 Å². The molecular weight excluding hydrogens is 342 g/mol. The first-order chi connectivity index (χ1) is 11.0. The van der Waals surface area contributed by atoms with Crippen LogP contribution in [-0.2, 0) is 0 Å². The van der Waals surface area contributed by atoms with E-state index in [9.17, 15) is 15.3 Å². The Morgan fingerprint density at radius 2 is 2.09 bits per heavy atom. The molecule has 2 heterocycles. The van der Waals surface area contributed by atoms with Crippen molar-refractivity contribution >= 4 is 23.4 Å². The molecule has 124 valence electrons. The maximum Gasteiger partial charge on any atom is 0.173 e. The second-order valence-corrected chi connectivity index (χ2v) is 6.88. The van der Waals surface area contributed by atoms with Crippen molar-refractivity contribution in [3.8, 4) is 17.1 Å². The summed E-state index contributed by atoms with van der Waals surface area (Å²) in [5, 5.41) is 33.7. The fourth-order valence-corrected chi connectivity index (χ4v) is 3.59. The van der Waals surface area contributed by atoms with Gasteiger partial charge in [0.05, 0.1) is 17.9 Å². The number of benzene rings is 1. The van der Waals surface area contributed by atoms with Gasteiger partial charge in [0.1, 0.15) is 18.0 Å². The molecule has 3 N–H and O–H groups in total. The second-order valence-electron chi connectivity index (χ2n) is 5.34. The summed E-state index contributed by atoms with van der Waals surface area (Å²) in [4.78, 5) is 0. The van der Waals surface area contributed by atoms with Crippen LogP contribution >= 0.6 is 23.4 Å². The number of rotatable bonds is 3. The number of aromatic nitrogens is 1. The molecule has 0 radical (unpaired) electrons. The molecule has 4 atom stereocenters. The molecule has 0 spiro atoms. The van der Waals surface area contributed by atoms with Gasteiger partial charge in [-0.2, -0.15) is 0 Å². The van der Waals surface area contributed by atoms with Crippen LogP contribution in [0, 0.1) is 6.92 Å². The summed E-state index contributed by atoms with van der Waals surface area (Å²) in [6.45, 7) is 1.84. The van der Waals surface area contributed by atoms with E-state index in [1.54, 1.807) is 18.2 Å². The zero-order valence-corrected chi connectivity index (χ0v) is 13.8. The van der Waals surface area contributed by atoms with Gasteiger partial charge in [-0.15, -0.1) is 11.8 Å². The number of halogens is 1. The molecule has 1 aromatic carbocycles. The summed E-state index contributed by atoms with van der Waals surface area (Å²) in [6, 6.07) is 5.12. The maximum atomic E-state index is 10.1. The smallest absolute Gasteiger partial charge is 0.173 e. The van der Waals surface area contributed by atoms with Gasteiger partial charge in [0.15, 0.2) is 11.2 Å². The summed E-state index contributed by atoms with van der Waals surface area (Å²) < 4.78 is 11.0. The number of aliphatic hydroxyl groups is 3. The fraction of sp³-hybridized carbons (Fsp3) is 0.400. The van der Waals surface area contributed by atoms with Gasteiger partial charge in [-0.3, -0.25) is 0 Å². The van der Waals surface area contributed by atoms with Gasteiger partial charge in [-0.25, -0.2) is 0 Å². The largest absolute Gasteiger partial charge is 0.476 e. The normalized spacial score (nSPS) is 27.9. The van der Waals surface area contributed by atoms with E-state index in [0.717, 1.165) is 5.56 Å². The van der Waals surface area contributed by atoms with Crippen molar-refractivity contribution in [3.63, 3.8) is 0 Å². The highest BCUT2D eigenvalue weighted by Gasteiger charge is 2.39. The average molecular weight is 358 g/mol. The molecular formula is C15H16ClNO5S. The van der Waals surface area contributed by atoms with Crippen molar-refractivity contribution < 1.29 is 24.6 Å². The lowest BCUT2D eigenvalue weighted by atomic mass is 10.1. The van der Waals surface area contributed by atoms with Crippen LogP contribution in [0.2, 0.25) is 5.02 Å². The molecule has 0 unspecified atom stereocenters. The van der Waals surface area contributed by atoms with Crippen LogP contribution in [0.1, 0.15) is 5.56 Å². The number of thioether (sulfide) groups is 1. The monoisotopic (exact) mass is 357 g/mol. The predicted molar refractivity (Wildman–Crippen MR) is 86.6 cm³/mol. The van der Waals surface area contributed by atoms with Gasteiger partial charge in [-0.1, -0.05) is 16.8 Å². The second kappa shape index (κ2) is 6.70. The molecule has 6 nitrogen and oxygen atoms in total. The highest BCUT2D eigenvalue weighted by Crippen LogP contribution is 2.38. The summed E-state index contributed by atoms with van der Waals surface area (Å²) in [5.41, 5.74) is 0.697. The van der Waals surface area contributed by atoms with E-state index < -0.39 is 23.7 Å². The first-order valence-electron chi connectivity index (χ1n) is 7.01. The summed E-state index contributed by atoms with van der Waals surface area (Å²) in [6.07, 6.45) is -1.92. The van der Waals surface area contributed by atoms with E-state index in [4.69, 9.17) is 20.9 Å². The Morgan fingerprint density at radius 3 is 2.78 bits per heavy atom. The minimum atomic E-state index is -1.25. The minimum Gasteiger partial charge on any atom is -0.476 e. The molecule has 1 aromatic heterocycles. The van der Waals surface area contributed by atoms with Crippen LogP contribution in [-0.4, -0.2) is 50.0 Å². The molecule has 0 saturated carbocycles. The Balaban J connectivity index is 1.92. The van der Waals surface area contributed by atoms with E-state index in [2.05, 4.69) is 5.16 Å². The molecule has 1 fully saturated rings. The molecule has 3 rings (SSSR count). The van der Waals surface area contributed by atoms with Crippen molar-refractivity contribution in [3.05, 3.63) is 35.0 Å². The van der Waals surface area contributed by atoms with E-state index in [0.29, 0.717) is 22.1 Å². The Morgan fingerprint density at radius 1 is 1.30 bits per heavy atom. The van der Waals surface area contributed by atoms with E-state index in [-0.39, 0.29) is 5.75 Å². The summed E-state index contributed by atoms with van der Waals surface area (Å²) >= 11 is 7.40. The van der Waals surface area contributed by atoms with Gasteiger partial charge in [0, 0.05) is 16.8 Å². The topological polar surface area (TPSA) is 96.0 Å². The van der Waals surface area contributed by atoms with Gasteiger partial charge in [0.25, 0.3) is 0 Å². The standard InChI is InChI=1S/C15H16ClNO5S/c1-7-4-12(8(5-9(7)16)11-2-3-17-22-11)21-15-14(20)13(19)10(18)6-23-15/h2-5,10,13-15,18-20H,6H2,1H3/t10-,13+,14-,15+/m1/s1. The quantitative estimate of drug-likeness (QED) is 0.771. The molecule has 0 amide bonds. The van der Waals surface area contributed by atoms with Crippen LogP contribution < -0.4 is 4.74 Å². The molecule has 2 aromatic rings. The maximum absolute atomic E-state index is 10.1. The van der Waals surface area contributed by atoms with E-state index in [1.807, 2.05) is 6.92 Å². The third-order valence-corrected chi connectivity index (χ3v) is 5.31. The van der Waals surface area contributed by atoms with Crippen LogP contribution in [0.3, 0.4) is 0 Å². The Hall–Kier alpha value is -1.25. The zero-order chi connectivity index (χ0) is 16.6. The van der Waals surface area contributed by atoms with Gasteiger partial charge < -0.3 is 24.6 Å². The first kappa shape index (κ1) is 16.6. The van der Waals surface area contributed by atoms with E-state index >= 15 is 0 Å². The minimum absolute atomic E-state index is 0.271. The number of nitrogens with zero attached hydrogens (tertiary/aromatic N) is 1.